The van der Waals surface area contributed by atoms with Crippen molar-refractivity contribution in [1.82, 2.24) is 20.4 Å². The highest BCUT2D eigenvalue weighted by atomic mass is 79.9. The summed E-state index contributed by atoms with van der Waals surface area (Å²) in [5.41, 5.74) is 7.35. The number of hydrogen-bond acceptors (Lipinski definition) is 4. The number of aromatic nitrogens is 2. The summed E-state index contributed by atoms with van der Waals surface area (Å²) in [5, 5.41) is 9.37. The third-order valence-corrected chi connectivity index (χ3v) is 4.68. The molecular weight excluding hydrogens is 426 g/mol. The second-order valence-corrected chi connectivity index (χ2v) is 7.23. The summed E-state index contributed by atoms with van der Waals surface area (Å²) >= 11 is 3.23. The lowest BCUT2D eigenvalue weighted by atomic mass is 10.1. The maximum absolute atomic E-state index is 12.3. The van der Waals surface area contributed by atoms with E-state index >= 15 is 0 Å². The molecule has 0 aliphatic heterocycles. The van der Waals surface area contributed by atoms with Gasteiger partial charge in [-0.1, -0.05) is 0 Å². The number of methoxy groups -OCH3 is 1. The summed E-state index contributed by atoms with van der Waals surface area (Å²) in [6.45, 7) is 6.45. The van der Waals surface area contributed by atoms with Crippen molar-refractivity contribution in [1.29, 1.82) is 5.26 Å². The van der Waals surface area contributed by atoms with Gasteiger partial charge in [0.05, 0.1) is 12.6 Å². The molecule has 9 heteroatoms. The zero-order valence-electron chi connectivity index (χ0n) is 16.1. The first kappa shape index (κ1) is 21.5. The maximum Gasteiger partial charge on any atom is 0.286 e. The zero-order valence-corrected chi connectivity index (χ0v) is 17.7. The van der Waals surface area contributed by atoms with Crippen LogP contribution >= 0.6 is 15.9 Å². The van der Waals surface area contributed by atoms with E-state index in [1.807, 2.05) is 32.9 Å². The molecule has 0 radical (unpaired) electrons. The van der Waals surface area contributed by atoms with Crippen LogP contribution in [0, 0.1) is 25.2 Å². The van der Waals surface area contributed by atoms with Crippen LogP contribution in [0.3, 0.4) is 0 Å². The number of nitrogens with one attached hydrogen (secondary N) is 3. The standard InChI is InChI=1S/C19H22BrN5O3/c1-11-5-14(13(3)25(11)12(2)10-28-4)6-15(8-21)18(26)23-24-19(27)17-7-16(20)9-22-17/h5-7,9,12,22H,10H2,1-4H3,(H,23,26)(H,24,27)/b15-6+. The molecular formula is C19H22BrN5O3. The molecule has 2 rings (SSSR count). The first-order chi connectivity index (χ1) is 13.3. The van der Waals surface area contributed by atoms with E-state index in [2.05, 4.69) is 36.3 Å². The summed E-state index contributed by atoms with van der Waals surface area (Å²) in [6.07, 6.45) is 3.10. The van der Waals surface area contributed by atoms with Crippen LogP contribution < -0.4 is 10.9 Å². The number of carbonyl (C=O) groups is 2. The van der Waals surface area contributed by atoms with Gasteiger partial charge in [-0.25, -0.2) is 0 Å². The van der Waals surface area contributed by atoms with Crippen LogP contribution in [0.1, 0.15) is 40.4 Å². The molecule has 3 N–H and O–H groups in total. The zero-order chi connectivity index (χ0) is 20.8. The third kappa shape index (κ3) is 4.91. The first-order valence-corrected chi connectivity index (χ1v) is 9.31. The molecule has 8 nitrogen and oxygen atoms in total. The van der Waals surface area contributed by atoms with Crippen molar-refractivity contribution in [2.45, 2.75) is 26.8 Å². The Bertz CT molecular complexity index is 951. The number of hydrazine groups is 1. The average molecular weight is 448 g/mol. The van der Waals surface area contributed by atoms with Gasteiger partial charge in [0.15, 0.2) is 0 Å². The van der Waals surface area contributed by atoms with Crippen molar-refractivity contribution < 1.29 is 14.3 Å². The summed E-state index contributed by atoms with van der Waals surface area (Å²) in [4.78, 5) is 27.0. The van der Waals surface area contributed by atoms with E-state index in [9.17, 15) is 14.9 Å². The van der Waals surface area contributed by atoms with Crippen molar-refractivity contribution in [3.05, 3.63) is 51.0 Å². The highest BCUT2D eigenvalue weighted by Crippen LogP contribution is 2.22. The van der Waals surface area contributed by atoms with E-state index in [1.54, 1.807) is 19.4 Å². The fourth-order valence-electron chi connectivity index (χ4n) is 2.99. The van der Waals surface area contributed by atoms with Crippen molar-refractivity contribution >= 4 is 33.8 Å². The van der Waals surface area contributed by atoms with Crippen molar-refractivity contribution in [3.8, 4) is 6.07 Å². The Kier molecular flexibility index (Phi) is 7.20. The fraction of sp³-hybridized carbons (Fsp3) is 0.316. The van der Waals surface area contributed by atoms with Crippen LogP contribution in [0.25, 0.3) is 6.08 Å². The topological polar surface area (TPSA) is 112 Å². The average Bonchev–Trinajstić information content (AvgIpc) is 3.20. The molecule has 2 aromatic heterocycles. The molecule has 0 saturated carbocycles. The van der Waals surface area contributed by atoms with Gasteiger partial charge in [0.25, 0.3) is 11.8 Å². The molecule has 2 aromatic rings. The number of aryl methyl sites for hydroxylation is 1. The number of aromatic amines is 1. The molecule has 0 bridgehead atoms. The monoisotopic (exact) mass is 447 g/mol. The summed E-state index contributed by atoms with van der Waals surface area (Å²) in [7, 11) is 1.64. The first-order valence-electron chi connectivity index (χ1n) is 8.52. The van der Waals surface area contributed by atoms with Gasteiger partial charge >= 0.3 is 0 Å². The van der Waals surface area contributed by atoms with Crippen LogP contribution in [-0.4, -0.2) is 35.1 Å². The Morgan fingerprint density at radius 3 is 2.68 bits per heavy atom. The van der Waals surface area contributed by atoms with Crippen molar-refractivity contribution in [3.63, 3.8) is 0 Å². The highest BCUT2D eigenvalue weighted by Gasteiger charge is 2.16. The minimum absolute atomic E-state index is 0.117. The summed E-state index contributed by atoms with van der Waals surface area (Å²) in [6, 6.07) is 5.47. The number of H-pyrrole nitrogens is 1. The predicted octanol–water partition coefficient (Wildman–Crippen LogP) is 2.77. The quantitative estimate of drug-likeness (QED) is 0.358. The largest absolute Gasteiger partial charge is 0.383 e. The summed E-state index contributed by atoms with van der Waals surface area (Å²) < 4.78 is 8.01. The molecule has 0 aliphatic carbocycles. The molecule has 28 heavy (non-hydrogen) atoms. The number of nitriles is 1. The van der Waals surface area contributed by atoms with Crippen LogP contribution in [-0.2, 0) is 9.53 Å². The maximum atomic E-state index is 12.3. The fourth-order valence-corrected chi connectivity index (χ4v) is 3.34. The number of hydrogen-bond donors (Lipinski definition) is 3. The molecule has 1 atom stereocenters. The molecule has 148 valence electrons. The van der Waals surface area contributed by atoms with Gasteiger partial charge in [0.2, 0.25) is 0 Å². The van der Waals surface area contributed by atoms with Crippen LogP contribution in [0.15, 0.2) is 28.4 Å². The lowest BCUT2D eigenvalue weighted by Gasteiger charge is -2.17. The van der Waals surface area contributed by atoms with Crippen LogP contribution in [0.4, 0.5) is 0 Å². The number of amides is 2. The van der Waals surface area contributed by atoms with Crippen molar-refractivity contribution in [2.75, 3.05) is 13.7 Å². The van der Waals surface area contributed by atoms with Gasteiger partial charge in [-0.3, -0.25) is 20.4 Å². The van der Waals surface area contributed by atoms with Gasteiger partial charge in [-0.05, 0) is 60.5 Å². The number of carbonyl (C=O) groups excluding carboxylic acids is 2. The van der Waals surface area contributed by atoms with E-state index in [-0.39, 0.29) is 17.3 Å². The van der Waals surface area contributed by atoms with Crippen LogP contribution in [0.5, 0.6) is 0 Å². The Morgan fingerprint density at radius 1 is 1.39 bits per heavy atom. The van der Waals surface area contributed by atoms with E-state index in [4.69, 9.17) is 4.74 Å². The number of rotatable bonds is 6. The normalized spacial score (nSPS) is 12.4. The smallest absolute Gasteiger partial charge is 0.286 e. The second kappa shape index (κ2) is 9.39. The Hall–Kier alpha value is -2.83. The minimum atomic E-state index is -0.698. The molecule has 1 unspecified atom stereocenters. The molecule has 0 fully saturated rings. The molecule has 0 aromatic carbocycles. The molecule has 0 spiro atoms. The van der Waals surface area contributed by atoms with Crippen molar-refractivity contribution in [2.24, 2.45) is 0 Å². The molecule has 2 amide bonds. The van der Waals surface area contributed by atoms with Gasteiger partial charge in [0, 0.05) is 29.2 Å². The molecule has 0 saturated heterocycles. The van der Waals surface area contributed by atoms with Gasteiger partial charge in [0.1, 0.15) is 17.3 Å². The molecule has 0 aliphatic rings. The SMILES string of the molecule is COCC(C)n1c(C)cc(/C=C(\C#N)C(=O)NNC(=O)c2cc(Br)c[nH]2)c1C. The Labute approximate surface area is 171 Å². The highest BCUT2D eigenvalue weighted by molar-refractivity contribution is 9.10. The lowest BCUT2D eigenvalue weighted by molar-refractivity contribution is -0.117. The van der Waals surface area contributed by atoms with E-state index in [0.717, 1.165) is 17.0 Å². The van der Waals surface area contributed by atoms with Gasteiger partial charge in [-0.15, -0.1) is 0 Å². The second-order valence-electron chi connectivity index (χ2n) is 6.31. The van der Waals surface area contributed by atoms with E-state index in [0.29, 0.717) is 11.1 Å². The van der Waals surface area contributed by atoms with E-state index in [1.165, 1.54) is 6.08 Å². The Balaban J connectivity index is 2.15. The minimum Gasteiger partial charge on any atom is -0.383 e. The van der Waals surface area contributed by atoms with E-state index < -0.39 is 11.8 Å². The van der Waals surface area contributed by atoms with Gasteiger partial charge < -0.3 is 14.3 Å². The summed E-state index contributed by atoms with van der Waals surface area (Å²) in [5.74, 6) is -1.22. The number of nitrogens with zero attached hydrogens (tertiary/aromatic N) is 2. The number of halogens is 1. The lowest BCUT2D eigenvalue weighted by Crippen LogP contribution is -2.42. The number of ether oxygens (including phenoxy) is 1. The third-order valence-electron chi connectivity index (χ3n) is 4.22. The molecule has 2 heterocycles. The van der Waals surface area contributed by atoms with Crippen LogP contribution in [0.2, 0.25) is 0 Å². The predicted molar refractivity (Wildman–Crippen MR) is 108 cm³/mol. The Morgan fingerprint density at radius 2 is 2.11 bits per heavy atom. The van der Waals surface area contributed by atoms with Gasteiger partial charge in [-0.2, -0.15) is 5.26 Å².